The maximum absolute atomic E-state index is 10.3. The minimum atomic E-state index is -0.613. The van der Waals surface area contributed by atoms with Gasteiger partial charge in [-0.05, 0) is 25.0 Å². The maximum Gasteiger partial charge on any atom is 0.306 e. The van der Waals surface area contributed by atoms with Crippen LogP contribution in [0.1, 0.15) is 16.8 Å². The molecule has 0 aliphatic carbocycles. The summed E-state index contributed by atoms with van der Waals surface area (Å²) in [6.45, 7) is 3.40. The molecule has 0 saturated carbocycles. The quantitative estimate of drug-likeness (QED) is 0.467. The smallest absolute Gasteiger partial charge is 0.258 e. The van der Waals surface area contributed by atoms with E-state index in [0.29, 0.717) is 5.56 Å². The van der Waals surface area contributed by atoms with Gasteiger partial charge in [0.05, 0.1) is 9.85 Å². The zero-order valence-electron chi connectivity index (χ0n) is 12.1. The van der Waals surface area contributed by atoms with Gasteiger partial charge in [0.1, 0.15) is 6.07 Å². The molecule has 0 amide bonds. The lowest BCUT2D eigenvalue weighted by Gasteiger charge is -1.94. The van der Waals surface area contributed by atoms with Crippen LogP contribution in [0.2, 0.25) is 5.15 Å². The molecule has 10 heteroatoms. The Hall–Kier alpha value is -3.12. The molecular formula is C13H10ClN5O4. The third-order valence-corrected chi connectivity index (χ3v) is 2.75. The number of nitro groups is 2. The number of nitrogens with zero attached hydrogens (tertiary/aromatic N) is 5. The van der Waals surface area contributed by atoms with Crippen LogP contribution in [0.3, 0.4) is 0 Å². The summed E-state index contributed by atoms with van der Waals surface area (Å²) in [5.74, 6) is 0. The monoisotopic (exact) mass is 335 g/mol. The van der Waals surface area contributed by atoms with Gasteiger partial charge in [-0.3, -0.25) is 20.2 Å². The lowest BCUT2D eigenvalue weighted by atomic mass is 10.2. The third kappa shape index (κ3) is 4.98. The van der Waals surface area contributed by atoms with Crippen LogP contribution in [0.5, 0.6) is 0 Å². The molecule has 2 aromatic rings. The zero-order valence-corrected chi connectivity index (χ0v) is 12.8. The van der Waals surface area contributed by atoms with E-state index in [9.17, 15) is 20.2 Å². The molecule has 0 aliphatic rings. The van der Waals surface area contributed by atoms with E-state index in [4.69, 9.17) is 16.9 Å². The Bertz CT molecular complexity index is 803. The van der Waals surface area contributed by atoms with E-state index in [-0.39, 0.29) is 22.2 Å². The molecule has 0 aromatic carbocycles. The van der Waals surface area contributed by atoms with Gasteiger partial charge in [0.2, 0.25) is 10.8 Å². The summed E-state index contributed by atoms with van der Waals surface area (Å²) in [5, 5.41) is 29.0. The van der Waals surface area contributed by atoms with Gasteiger partial charge in [0.25, 0.3) is 0 Å². The normalized spacial score (nSPS) is 9.30. The van der Waals surface area contributed by atoms with Crippen molar-refractivity contribution in [3.8, 4) is 6.07 Å². The van der Waals surface area contributed by atoms with Crippen LogP contribution in [0.4, 0.5) is 11.4 Å². The first kappa shape index (κ1) is 17.9. The average Bonchev–Trinajstić information content (AvgIpc) is 2.50. The van der Waals surface area contributed by atoms with Crippen molar-refractivity contribution in [2.45, 2.75) is 13.8 Å². The summed E-state index contributed by atoms with van der Waals surface area (Å²) in [5.41, 5.74) is 0.858. The van der Waals surface area contributed by atoms with Crippen molar-refractivity contribution in [2.24, 2.45) is 0 Å². The molecule has 0 unspecified atom stereocenters. The predicted molar refractivity (Wildman–Crippen MR) is 81.0 cm³/mol. The Morgan fingerprint density at radius 1 is 1.04 bits per heavy atom. The van der Waals surface area contributed by atoms with E-state index in [2.05, 4.69) is 9.97 Å². The first-order valence-corrected chi connectivity index (χ1v) is 6.41. The number of nitriles is 1. The van der Waals surface area contributed by atoms with E-state index >= 15 is 0 Å². The maximum atomic E-state index is 10.3. The predicted octanol–water partition coefficient (Wildman–Crippen LogP) is 3.12. The van der Waals surface area contributed by atoms with Crippen LogP contribution in [0, 0.1) is 45.4 Å². The Morgan fingerprint density at radius 3 is 1.96 bits per heavy atom. The Morgan fingerprint density at radius 2 is 1.52 bits per heavy atom. The number of pyridine rings is 2. The van der Waals surface area contributed by atoms with Gasteiger partial charge in [0, 0.05) is 24.5 Å². The average molecular weight is 336 g/mol. The molecule has 0 saturated heterocycles. The number of halogens is 1. The van der Waals surface area contributed by atoms with Crippen molar-refractivity contribution in [1.29, 1.82) is 5.26 Å². The van der Waals surface area contributed by atoms with Crippen LogP contribution in [-0.2, 0) is 0 Å². The van der Waals surface area contributed by atoms with Crippen LogP contribution >= 0.6 is 11.6 Å². The number of aromatic nitrogens is 2. The SMILES string of the molecule is Cc1cnc(C#N)c([N+](=O)[O-])c1.Cc1cnc(Cl)c([N+](=O)[O-])c1. The third-order valence-electron chi connectivity index (χ3n) is 2.46. The summed E-state index contributed by atoms with van der Waals surface area (Å²) in [6, 6.07) is 4.36. The van der Waals surface area contributed by atoms with Crippen molar-refractivity contribution in [3.63, 3.8) is 0 Å². The van der Waals surface area contributed by atoms with Gasteiger partial charge in [0.15, 0.2) is 0 Å². The van der Waals surface area contributed by atoms with Gasteiger partial charge < -0.3 is 0 Å². The molecule has 0 bridgehead atoms. The zero-order chi connectivity index (χ0) is 17.6. The molecular weight excluding hydrogens is 326 g/mol. The summed E-state index contributed by atoms with van der Waals surface area (Å²) in [6.07, 6.45) is 2.90. The lowest BCUT2D eigenvalue weighted by molar-refractivity contribution is -0.385. The van der Waals surface area contributed by atoms with E-state index in [0.717, 1.165) is 5.56 Å². The van der Waals surface area contributed by atoms with E-state index in [1.165, 1.54) is 24.5 Å². The molecule has 9 nitrogen and oxygen atoms in total. The molecule has 0 aliphatic heterocycles. The molecule has 0 radical (unpaired) electrons. The van der Waals surface area contributed by atoms with E-state index in [1.807, 2.05) is 0 Å². The second-order valence-electron chi connectivity index (χ2n) is 4.33. The fourth-order valence-electron chi connectivity index (χ4n) is 1.44. The summed E-state index contributed by atoms with van der Waals surface area (Å²) >= 11 is 5.44. The first-order chi connectivity index (χ1) is 10.8. The Balaban J connectivity index is 0.000000231. The number of hydrogen-bond donors (Lipinski definition) is 0. The van der Waals surface area contributed by atoms with Gasteiger partial charge >= 0.3 is 11.4 Å². The topological polar surface area (TPSA) is 136 Å². The molecule has 118 valence electrons. The van der Waals surface area contributed by atoms with Crippen LogP contribution < -0.4 is 0 Å². The van der Waals surface area contributed by atoms with Crippen LogP contribution in [0.25, 0.3) is 0 Å². The highest BCUT2D eigenvalue weighted by molar-refractivity contribution is 6.31. The standard InChI is InChI=1S/C7H5N3O2.C6H5ClN2O2/c1-5-2-7(10(11)12)6(3-8)9-4-5;1-4-2-5(9(10)11)6(7)8-3-4/h2,4H,1H3;2-3H,1H3. The molecule has 2 aromatic heterocycles. The van der Waals surface area contributed by atoms with Gasteiger partial charge in [-0.2, -0.15) is 5.26 Å². The molecule has 0 fully saturated rings. The molecule has 0 atom stereocenters. The van der Waals surface area contributed by atoms with Crippen LogP contribution in [-0.4, -0.2) is 19.8 Å². The molecule has 2 heterocycles. The van der Waals surface area contributed by atoms with Crippen molar-refractivity contribution in [3.05, 3.63) is 66.7 Å². The number of aryl methyl sites for hydroxylation is 2. The first-order valence-electron chi connectivity index (χ1n) is 6.04. The van der Waals surface area contributed by atoms with Gasteiger partial charge in [-0.25, -0.2) is 9.97 Å². The van der Waals surface area contributed by atoms with Crippen LogP contribution in [0.15, 0.2) is 24.5 Å². The van der Waals surface area contributed by atoms with Gasteiger partial charge in [-0.1, -0.05) is 11.6 Å². The Kier molecular flexibility index (Phi) is 6.05. The summed E-state index contributed by atoms with van der Waals surface area (Å²) in [4.78, 5) is 26.7. The molecule has 2 rings (SSSR count). The fraction of sp³-hybridized carbons (Fsp3) is 0.154. The second-order valence-corrected chi connectivity index (χ2v) is 4.69. The van der Waals surface area contributed by atoms with Gasteiger partial charge in [-0.15, -0.1) is 0 Å². The summed E-state index contributed by atoms with van der Waals surface area (Å²) in [7, 11) is 0. The highest BCUT2D eigenvalue weighted by atomic mass is 35.5. The highest BCUT2D eigenvalue weighted by Crippen LogP contribution is 2.21. The van der Waals surface area contributed by atoms with E-state index in [1.54, 1.807) is 19.9 Å². The van der Waals surface area contributed by atoms with Crippen molar-refractivity contribution in [1.82, 2.24) is 9.97 Å². The molecule has 0 spiro atoms. The van der Waals surface area contributed by atoms with Crippen molar-refractivity contribution < 1.29 is 9.85 Å². The Labute approximate surface area is 135 Å². The second kappa shape index (κ2) is 7.77. The van der Waals surface area contributed by atoms with E-state index < -0.39 is 9.85 Å². The lowest BCUT2D eigenvalue weighted by Crippen LogP contribution is -1.95. The van der Waals surface area contributed by atoms with Crippen molar-refractivity contribution in [2.75, 3.05) is 0 Å². The minimum absolute atomic E-state index is 0.0689. The van der Waals surface area contributed by atoms with Crippen molar-refractivity contribution >= 4 is 23.0 Å². The highest BCUT2D eigenvalue weighted by Gasteiger charge is 2.14. The minimum Gasteiger partial charge on any atom is -0.258 e. The number of hydrogen-bond acceptors (Lipinski definition) is 7. The number of rotatable bonds is 2. The largest absolute Gasteiger partial charge is 0.306 e. The molecule has 0 N–H and O–H groups in total. The fourth-order valence-corrected chi connectivity index (χ4v) is 1.62. The summed E-state index contributed by atoms with van der Waals surface area (Å²) < 4.78 is 0. The molecule has 23 heavy (non-hydrogen) atoms.